The molecule has 2 N–H and O–H groups in total. The molecule has 0 aromatic heterocycles. The molecule has 0 saturated carbocycles. The molecule has 1 aromatic rings. The molecule has 0 aliphatic carbocycles. The van der Waals surface area contributed by atoms with Gasteiger partial charge in [0.05, 0.1) is 5.41 Å². The molecule has 134 valence electrons. The van der Waals surface area contributed by atoms with Crippen molar-refractivity contribution in [2.75, 3.05) is 32.8 Å². The molecule has 2 saturated heterocycles. The highest BCUT2D eigenvalue weighted by Gasteiger charge is 2.42. The first kappa shape index (κ1) is 19.2. The molecular formula is C19H29ClN2O2. The van der Waals surface area contributed by atoms with Crippen LogP contribution < -0.4 is 10.6 Å². The number of hydrogen-bond acceptors (Lipinski definition) is 3. The third-order valence-electron chi connectivity index (χ3n) is 5.59. The van der Waals surface area contributed by atoms with Crippen LogP contribution in [-0.4, -0.2) is 38.8 Å². The number of carbonyl (C=O) groups excluding carboxylic acids is 1. The van der Waals surface area contributed by atoms with E-state index in [9.17, 15) is 4.79 Å². The lowest BCUT2D eigenvalue weighted by Crippen LogP contribution is -2.51. The smallest absolute Gasteiger partial charge is 0.230 e. The van der Waals surface area contributed by atoms with Crippen LogP contribution in [-0.2, 0) is 14.9 Å². The van der Waals surface area contributed by atoms with E-state index in [1.165, 1.54) is 0 Å². The van der Waals surface area contributed by atoms with Gasteiger partial charge in [0.2, 0.25) is 5.91 Å². The maximum absolute atomic E-state index is 13.1. The molecular weight excluding hydrogens is 324 g/mol. The van der Waals surface area contributed by atoms with Crippen molar-refractivity contribution in [3.05, 3.63) is 35.9 Å². The van der Waals surface area contributed by atoms with E-state index >= 15 is 0 Å². The van der Waals surface area contributed by atoms with Gasteiger partial charge < -0.3 is 15.4 Å². The van der Waals surface area contributed by atoms with Crippen molar-refractivity contribution in [1.82, 2.24) is 10.6 Å². The molecule has 24 heavy (non-hydrogen) atoms. The highest BCUT2D eigenvalue weighted by atomic mass is 35.5. The van der Waals surface area contributed by atoms with Crippen molar-refractivity contribution in [2.45, 2.75) is 38.0 Å². The molecule has 0 radical (unpaired) electrons. The van der Waals surface area contributed by atoms with Crippen LogP contribution in [0, 0.1) is 5.41 Å². The summed E-state index contributed by atoms with van der Waals surface area (Å²) in [5, 5.41) is 6.67. The molecule has 2 aliphatic rings. The van der Waals surface area contributed by atoms with Crippen LogP contribution in [0.25, 0.3) is 0 Å². The number of ether oxygens (including phenoxy) is 1. The zero-order valence-electron chi connectivity index (χ0n) is 14.5. The van der Waals surface area contributed by atoms with E-state index in [2.05, 4.69) is 29.7 Å². The Hall–Kier alpha value is -1.10. The van der Waals surface area contributed by atoms with Crippen LogP contribution in [0.2, 0.25) is 0 Å². The average Bonchev–Trinajstić information content (AvgIpc) is 2.62. The Bertz CT molecular complexity index is 523. The maximum Gasteiger partial charge on any atom is 0.230 e. The maximum atomic E-state index is 13.1. The van der Waals surface area contributed by atoms with Crippen molar-refractivity contribution in [3.63, 3.8) is 0 Å². The Morgan fingerprint density at radius 2 is 1.75 bits per heavy atom. The van der Waals surface area contributed by atoms with Gasteiger partial charge in [0.25, 0.3) is 0 Å². The molecule has 0 spiro atoms. The highest BCUT2D eigenvalue weighted by Crippen LogP contribution is 2.35. The molecule has 1 aromatic carbocycles. The summed E-state index contributed by atoms with van der Waals surface area (Å²) in [6, 6.07) is 10.2. The fourth-order valence-corrected chi connectivity index (χ4v) is 3.79. The Morgan fingerprint density at radius 1 is 1.12 bits per heavy atom. The fourth-order valence-electron chi connectivity index (χ4n) is 3.79. The van der Waals surface area contributed by atoms with E-state index in [1.807, 2.05) is 18.2 Å². The lowest BCUT2D eigenvalue weighted by atomic mass is 9.73. The van der Waals surface area contributed by atoms with Gasteiger partial charge in [-0.05, 0) is 49.8 Å². The SMILES string of the molecule is CC1(CNC(=O)C2(c3ccccc3)CCOCC2)CCNCC1.Cl. The average molecular weight is 353 g/mol. The Morgan fingerprint density at radius 3 is 2.38 bits per heavy atom. The van der Waals surface area contributed by atoms with E-state index in [0.717, 1.165) is 50.9 Å². The Kier molecular flexibility index (Phi) is 6.67. The molecule has 0 atom stereocenters. The fraction of sp³-hybridized carbons (Fsp3) is 0.632. The number of benzene rings is 1. The zero-order valence-corrected chi connectivity index (χ0v) is 15.3. The van der Waals surface area contributed by atoms with Gasteiger partial charge in [-0.15, -0.1) is 12.4 Å². The molecule has 2 heterocycles. The first-order valence-corrected chi connectivity index (χ1v) is 8.77. The summed E-state index contributed by atoms with van der Waals surface area (Å²) in [5.74, 6) is 0.173. The lowest BCUT2D eigenvalue weighted by Gasteiger charge is -2.39. The van der Waals surface area contributed by atoms with Crippen molar-refractivity contribution in [2.24, 2.45) is 5.41 Å². The number of piperidine rings is 1. The summed E-state index contributed by atoms with van der Waals surface area (Å²) in [6.07, 6.45) is 3.77. The van der Waals surface area contributed by atoms with E-state index in [1.54, 1.807) is 0 Å². The topological polar surface area (TPSA) is 50.4 Å². The molecule has 5 heteroatoms. The van der Waals surface area contributed by atoms with Crippen LogP contribution in [0.3, 0.4) is 0 Å². The van der Waals surface area contributed by atoms with E-state index < -0.39 is 5.41 Å². The van der Waals surface area contributed by atoms with Crippen molar-refractivity contribution in [1.29, 1.82) is 0 Å². The molecule has 2 aliphatic heterocycles. The van der Waals surface area contributed by atoms with Crippen molar-refractivity contribution in [3.8, 4) is 0 Å². The van der Waals surface area contributed by atoms with Gasteiger partial charge in [-0.25, -0.2) is 0 Å². The second-order valence-electron chi connectivity index (χ2n) is 7.30. The largest absolute Gasteiger partial charge is 0.381 e. The summed E-state index contributed by atoms with van der Waals surface area (Å²) in [4.78, 5) is 13.1. The number of nitrogens with one attached hydrogen (secondary N) is 2. The van der Waals surface area contributed by atoms with Crippen LogP contribution in [0.1, 0.15) is 38.2 Å². The number of rotatable bonds is 4. The van der Waals surface area contributed by atoms with Crippen LogP contribution in [0.5, 0.6) is 0 Å². The molecule has 1 amide bonds. The van der Waals surface area contributed by atoms with Crippen molar-refractivity contribution >= 4 is 18.3 Å². The zero-order chi connectivity index (χ0) is 16.2. The third kappa shape index (κ3) is 4.11. The van der Waals surface area contributed by atoms with Gasteiger partial charge >= 0.3 is 0 Å². The van der Waals surface area contributed by atoms with Gasteiger partial charge in [0, 0.05) is 19.8 Å². The molecule has 0 bridgehead atoms. The standard InChI is InChI=1S/C19H28N2O2.ClH/c1-18(7-11-20-12-8-18)15-21-17(22)19(9-13-23-14-10-19)16-5-3-2-4-6-16;/h2-6,20H,7-15H2,1H3,(H,21,22);1H. The first-order chi connectivity index (χ1) is 11.1. The lowest BCUT2D eigenvalue weighted by molar-refractivity contribution is -0.131. The summed E-state index contributed by atoms with van der Waals surface area (Å²) >= 11 is 0. The monoisotopic (exact) mass is 352 g/mol. The van der Waals surface area contributed by atoms with E-state index in [-0.39, 0.29) is 23.7 Å². The Labute approximate surface area is 151 Å². The van der Waals surface area contributed by atoms with Gasteiger partial charge in [0.1, 0.15) is 0 Å². The van der Waals surface area contributed by atoms with E-state index in [4.69, 9.17) is 4.74 Å². The first-order valence-electron chi connectivity index (χ1n) is 8.77. The van der Waals surface area contributed by atoms with E-state index in [0.29, 0.717) is 13.2 Å². The number of hydrogen-bond donors (Lipinski definition) is 2. The number of amides is 1. The van der Waals surface area contributed by atoms with Crippen LogP contribution >= 0.6 is 12.4 Å². The number of halogens is 1. The van der Waals surface area contributed by atoms with Crippen LogP contribution in [0.15, 0.2) is 30.3 Å². The molecule has 3 rings (SSSR count). The quantitative estimate of drug-likeness (QED) is 0.875. The van der Waals surface area contributed by atoms with Crippen LogP contribution in [0.4, 0.5) is 0 Å². The summed E-state index contributed by atoms with van der Waals surface area (Å²) in [5.41, 5.74) is 0.906. The molecule has 0 unspecified atom stereocenters. The third-order valence-corrected chi connectivity index (χ3v) is 5.59. The highest BCUT2D eigenvalue weighted by molar-refractivity contribution is 5.88. The second kappa shape index (κ2) is 8.32. The van der Waals surface area contributed by atoms with Crippen molar-refractivity contribution < 1.29 is 9.53 Å². The summed E-state index contributed by atoms with van der Waals surface area (Å²) < 4.78 is 5.52. The molecule has 4 nitrogen and oxygen atoms in total. The minimum Gasteiger partial charge on any atom is -0.381 e. The second-order valence-corrected chi connectivity index (χ2v) is 7.30. The predicted octanol–water partition coefficient (Wildman–Crippen LogP) is 2.66. The predicted molar refractivity (Wildman–Crippen MR) is 98.6 cm³/mol. The number of carbonyl (C=O) groups is 1. The summed E-state index contributed by atoms with van der Waals surface area (Å²) in [6.45, 7) is 6.46. The van der Waals surface area contributed by atoms with Gasteiger partial charge in [-0.2, -0.15) is 0 Å². The Balaban J connectivity index is 0.00000208. The van der Waals surface area contributed by atoms with Gasteiger partial charge in [-0.1, -0.05) is 37.3 Å². The normalized spacial score (nSPS) is 22.2. The summed E-state index contributed by atoms with van der Waals surface area (Å²) in [7, 11) is 0. The molecule has 2 fully saturated rings. The minimum absolute atomic E-state index is 0. The minimum atomic E-state index is -0.428. The van der Waals surface area contributed by atoms with Gasteiger partial charge in [-0.3, -0.25) is 4.79 Å². The van der Waals surface area contributed by atoms with Gasteiger partial charge in [0.15, 0.2) is 0 Å².